The van der Waals surface area contributed by atoms with Gasteiger partial charge in [0, 0.05) is 12.6 Å². The molecule has 1 atom stereocenters. The van der Waals surface area contributed by atoms with Gasteiger partial charge >= 0.3 is 0 Å². The number of rotatable bonds is 5. The minimum absolute atomic E-state index is 0.130. The van der Waals surface area contributed by atoms with Crippen molar-refractivity contribution in [1.82, 2.24) is 4.31 Å². The Bertz CT molecular complexity index is 585. The van der Waals surface area contributed by atoms with Crippen molar-refractivity contribution in [2.45, 2.75) is 44.0 Å². The third-order valence-electron chi connectivity index (χ3n) is 3.84. The standard InChI is InChI=1S/C15H23NO4S/c1-3-20-15-8-7-14(10-12(15)2)21(18,19)16-9-5-4-6-13(16)11-17/h7-8,10,13,17H,3-6,9,11H2,1-2H3. The molecule has 1 heterocycles. The third-order valence-corrected chi connectivity index (χ3v) is 5.78. The molecule has 1 N–H and O–H groups in total. The van der Waals surface area contributed by atoms with E-state index in [0.717, 1.165) is 18.4 Å². The molecule has 118 valence electrons. The number of aryl methyl sites for hydroxylation is 1. The lowest BCUT2D eigenvalue weighted by atomic mass is 10.1. The molecule has 6 heteroatoms. The van der Waals surface area contributed by atoms with Crippen molar-refractivity contribution < 1.29 is 18.3 Å². The van der Waals surface area contributed by atoms with E-state index in [4.69, 9.17) is 4.74 Å². The van der Waals surface area contributed by atoms with Crippen LogP contribution in [0.1, 0.15) is 31.7 Å². The van der Waals surface area contributed by atoms with Gasteiger partial charge in [-0.3, -0.25) is 0 Å². The van der Waals surface area contributed by atoms with Crippen LogP contribution in [0.2, 0.25) is 0 Å². The highest BCUT2D eigenvalue weighted by atomic mass is 32.2. The summed E-state index contributed by atoms with van der Waals surface area (Å²) in [4.78, 5) is 0.267. The predicted octanol–water partition coefficient (Wildman–Crippen LogP) is 1.93. The van der Waals surface area contributed by atoms with E-state index in [2.05, 4.69) is 0 Å². The number of piperidine rings is 1. The average Bonchev–Trinajstić information content (AvgIpc) is 2.49. The lowest BCUT2D eigenvalue weighted by Gasteiger charge is -2.33. The van der Waals surface area contributed by atoms with Crippen LogP contribution in [-0.2, 0) is 10.0 Å². The fraction of sp³-hybridized carbons (Fsp3) is 0.600. The molecule has 1 aliphatic rings. The van der Waals surface area contributed by atoms with Crippen LogP contribution < -0.4 is 4.74 Å². The van der Waals surface area contributed by atoms with Crippen molar-refractivity contribution in [3.63, 3.8) is 0 Å². The molecule has 1 unspecified atom stereocenters. The van der Waals surface area contributed by atoms with Crippen molar-refractivity contribution in [1.29, 1.82) is 0 Å². The van der Waals surface area contributed by atoms with Crippen LogP contribution in [0, 0.1) is 6.92 Å². The Morgan fingerprint density at radius 1 is 1.38 bits per heavy atom. The summed E-state index contributed by atoms with van der Waals surface area (Å²) in [6.07, 6.45) is 2.51. The molecule has 21 heavy (non-hydrogen) atoms. The average molecular weight is 313 g/mol. The maximum Gasteiger partial charge on any atom is 0.243 e. The second-order valence-corrected chi connectivity index (χ2v) is 7.20. The molecule has 0 bridgehead atoms. The van der Waals surface area contributed by atoms with Crippen molar-refractivity contribution >= 4 is 10.0 Å². The molecule has 0 spiro atoms. The molecule has 1 fully saturated rings. The first-order chi connectivity index (χ1) is 10.0. The van der Waals surface area contributed by atoms with Crippen LogP contribution in [0.5, 0.6) is 5.75 Å². The van der Waals surface area contributed by atoms with Crippen molar-refractivity contribution in [3.05, 3.63) is 23.8 Å². The summed E-state index contributed by atoms with van der Waals surface area (Å²) in [5, 5.41) is 9.41. The van der Waals surface area contributed by atoms with Crippen LogP contribution in [0.25, 0.3) is 0 Å². The molecule has 0 saturated carbocycles. The number of ether oxygens (including phenoxy) is 1. The summed E-state index contributed by atoms with van der Waals surface area (Å²) >= 11 is 0. The zero-order valence-electron chi connectivity index (χ0n) is 12.6. The molecule has 5 nitrogen and oxygen atoms in total. The van der Waals surface area contributed by atoms with Crippen molar-refractivity contribution in [3.8, 4) is 5.75 Å². The summed E-state index contributed by atoms with van der Waals surface area (Å²) in [6.45, 7) is 4.62. The molecule has 0 aromatic heterocycles. The van der Waals surface area contributed by atoms with Gasteiger partial charge in [-0.2, -0.15) is 4.31 Å². The SMILES string of the molecule is CCOc1ccc(S(=O)(=O)N2CCCCC2CO)cc1C. The molecular formula is C15H23NO4S. The summed E-state index contributed by atoms with van der Waals surface area (Å²) < 4.78 is 32.4. The van der Waals surface area contributed by atoms with Gasteiger partial charge in [-0.25, -0.2) is 8.42 Å². The number of benzene rings is 1. The zero-order valence-corrected chi connectivity index (χ0v) is 13.4. The first kappa shape index (κ1) is 16.3. The van der Waals surface area contributed by atoms with Gasteiger partial charge in [-0.1, -0.05) is 6.42 Å². The monoisotopic (exact) mass is 313 g/mol. The minimum atomic E-state index is -3.56. The van der Waals surface area contributed by atoms with Gasteiger partial charge < -0.3 is 9.84 Å². The van der Waals surface area contributed by atoms with Crippen LogP contribution in [0.15, 0.2) is 23.1 Å². The van der Waals surface area contributed by atoms with Gasteiger partial charge in [0.05, 0.1) is 18.1 Å². The highest BCUT2D eigenvalue weighted by Crippen LogP contribution is 2.28. The first-order valence-electron chi connectivity index (χ1n) is 7.37. The summed E-state index contributed by atoms with van der Waals surface area (Å²) in [5.41, 5.74) is 0.801. The maximum atomic E-state index is 12.8. The van der Waals surface area contributed by atoms with E-state index in [1.165, 1.54) is 4.31 Å². The Hall–Kier alpha value is -1.11. The van der Waals surface area contributed by atoms with E-state index >= 15 is 0 Å². The van der Waals surface area contributed by atoms with E-state index in [9.17, 15) is 13.5 Å². The largest absolute Gasteiger partial charge is 0.494 e. The second kappa shape index (κ2) is 6.77. The Balaban J connectivity index is 2.32. The Morgan fingerprint density at radius 2 is 2.14 bits per heavy atom. The molecule has 2 rings (SSSR count). The predicted molar refractivity (Wildman–Crippen MR) is 81.0 cm³/mol. The Kier molecular flexibility index (Phi) is 5.24. The van der Waals surface area contributed by atoms with Gasteiger partial charge in [-0.15, -0.1) is 0 Å². The summed E-state index contributed by atoms with van der Waals surface area (Å²) in [5.74, 6) is 0.703. The van der Waals surface area contributed by atoms with Gasteiger partial charge in [-0.05, 0) is 50.5 Å². The van der Waals surface area contributed by atoms with Gasteiger partial charge in [0.25, 0.3) is 0 Å². The number of nitrogens with zero attached hydrogens (tertiary/aromatic N) is 1. The number of aliphatic hydroxyl groups is 1. The Labute approximate surface area is 126 Å². The van der Waals surface area contributed by atoms with Gasteiger partial charge in [0.2, 0.25) is 10.0 Å². The number of aliphatic hydroxyl groups excluding tert-OH is 1. The van der Waals surface area contributed by atoms with Crippen molar-refractivity contribution in [2.24, 2.45) is 0 Å². The van der Waals surface area contributed by atoms with E-state index in [-0.39, 0.29) is 17.5 Å². The normalized spacial score (nSPS) is 20.4. The third kappa shape index (κ3) is 3.39. The van der Waals surface area contributed by atoms with E-state index in [0.29, 0.717) is 25.3 Å². The molecule has 0 amide bonds. The number of sulfonamides is 1. The molecule has 1 saturated heterocycles. The summed E-state index contributed by atoms with van der Waals surface area (Å²) in [6, 6.07) is 4.61. The van der Waals surface area contributed by atoms with Crippen LogP contribution in [0.4, 0.5) is 0 Å². The molecule has 1 aliphatic heterocycles. The molecule has 0 aliphatic carbocycles. The molecule has 1 aromatic carbocycles. The topological polar surface area (TPSA) is 66.8 Å². The fourth-order valence-corrected chi connectivity index (χ4v) is 4.48. The molecule has 1 aromatic rings. The van der Waals surface area contributed by atoms with Crippen LogP contribution in [-0.4, -0.2) is 43.6 Å². The van der Waals surface area contributed by atoms with Gasteiger partial charge in [0.15, 0.2) is 0 Å². The first-order valence-corrected chi connectivity index (χ1v) is 8.81. The number of hydrogen-bond acceptors (Lipinski definition) is 4. The molecular weight excluding hydrogens is 290 g/mol. The second-order valence-electron chi connectivity index (χ2n) is 5.31. The highest BCUT2D eigenvalue weighted by Gasteiger charge is 2.33. The van der Waals surface area contributed by atoms with Crippen LogP contribution in [0.3, 0.4) is 0 Å². The quantitative estimate of drug-likeness (QED) is 0.902. The van der Waals surface area contributed by atoms with Crippen molar-refractivity contribution in [2.75, 3.05) is 19.8 Å². The van der Waals surface area contributed by atoms with Crippen LogP contribution >= 0.6 is 0 Å². The smallest absolute Gasteiger partial charge is 0.243 e. The zero-order chi connectivity index (χ0) is 15.5. The lowest BCUT2D eigenvalue weighted by molar-refractivity contribution is 0.155. The lowest BCUT2D eigenvalue weighted by Crippen LogP contribution is -2.45. The van der Waals surface area contributed by atoms with E-state index in [1.54, 1.807) is 18.2 Å². The van der Waals surface area contributed by atoms with E-state index < -0.39 is 10.0 Å². The maximum absolute atomic E-state index is 12.8. The minimum Gasteiger partial charge on any atom is -0.494 e. The number of hydrogen-bond donors (Lipinski definition) is 1. The Morgan fingerprint density at radius 3 is 2.76 bits per heavy atom. The van der Waals surface area contributed by atoms with E-state index in [1.807, 2.05) is 13.8 Å². The van der Waals surface area contributed by atoms with Gasteiger partial charge in [0.1, 0.15) is 5.75 Å². The molecule has 0 radical (unpaired) electrons. The summed E-state index contributed by atoms with van der Waals surface area (Å²) in [7, 11) is -3.56. The highest BCUT2D eigenvalue weighted by molar-refractivity contribution is 7.89. The fourth-order valence-electron chi connectivity index (χ4n) is 2.71.